The molecule has 2 unspecified atom stereocenters. The van der Waals surface area contributed by atoms with Gasteiger partial charge in [-0.15, -0.1) is 0 Å². The summed E-state index contributed by atoms with van der Waals surface area (Å²) in [6, 6.07) is -0.621. The fourth-order valence-electron chi connectivity index (χ4n) is 2.29. The highest BCUT2D eigenvalue weighted by atomic mass is 16.5. The zero-order chi connectivity index (χ0) is 14.0. The average Bonchev–Trinajstić information content (AvgIpc) is 2.86. The smallest absolute Gasteiger partial charge is 0.335 e. The van der Waals surface area contributed by atoms with E-state index in [1.165, 1.54) is 4.90 Å². The Labute approximate surface area is 110 Å². The number of morpholine rings is 1. The molecule has 0 bridgehead atoms. The van der Waals surface area contributed by atoms with Gasteiger partial charge in [0.25, 0.3) is 0 Å². The van der Waals surface area contributed by atoms with Crippen LogP contribution in [0.1, 0.15) is 25.5 Å². The van der Waals surface area contributed by atoms with Crippen LogP contribution in [0.5, 0.6) is 0 Å². The number of carbonyl (C=O) groups excluding carboxylic acids is 1. The van der Waals surface area contributed by atoms with E-state index in [0.717, 1.165) is 0 Å². The Morgan fingerprint density at radius 2 is 2.26 bits per heavy atom. The second-order valence-electron chi connectivity index (χ2n) is 4.32. The lowest BCUT2D eigenvalue weighted by molar-refractivity contribution is -0.172. The van der Waals surface area contributed by atoms with Gasteiger partial charge < -0.3 is 14.7 Å². The van der Waals surface area contributed by atoms with Gasteiger partial charge in [0.2, 0.25) is 5.91 Å². The highest BCUT2D eigenvalue weighted by molar-refractivity contribution is 5.82. The van der Waals surface area contributed by atoms with Crippen LogP contribution in [0.2, 0.25) is 0 Å². The molecule has 7 heteroatoms. The minimum absolute atomic E-state index is 0.191. The Bertz CT molecular complexity index is 483. The first kappa shape index (κ1) is 13.5. The zero-order valence-electron chi connectivity index (χ0n) is 10.9. The fourth-order valence-corrected chi connectivity index (χ4v) is 2.29. The standard InChI is InChI=1S/C12H17N3O4/c1-3-14-6-8(5-13-14)10-11(12(17)18)19-7-9(16)15(10)4-2/h5-6,10-11H,3-4,7H2,1-2H3,(H,17,18). The van der Waals surface area contributed by atoms with E-state index in [0.29, 0.717) is 18.7 Å². The molecule has 2 rings (SSSR count). The Hall–Kier alpha value is -1.89. The summed E-state index contributed by atoms with van der Waals surface area (Å²) < 4.78 is 6.86. The van der Waals surface area contributed by atoms with Crippen LogP contribution in [-0.4, -0.2) is 50.9 Å². The Kier molecular flexibility index (Phi) is 3.84. The first-order valence-electron chi connectivity index (χ1n) is 6.24. The summed E-state index contributed by atoms with van der Waals surface area (Å²) in [5.41, 5.74) is 0.684. The topological polar surface area (TPSA) is 84.7 Å². The lowest BCUT2D eigenvalue weighted by atomic mass is 10.0. The molecule has 0 radical (unpaired) electrons. The van der Waals surface area contributed by atoms with E-state index in [-0.39, 0.29) is 12.5 Å². The number of hydrogen-bond donors (Lipinski definition) is 1. The number of likely N-dealkylation sites (N-methyl/N-ethyl adjacent to an activating group) is 1. The van der Waals surface area contributed by atoms with E-state index < -0.39 is 18.1 Å². The second-order valence-corrected chi connectivity index (χ2v) is 4.32. The van der Waals surface area contributed by atoms with Crippen molar-refractivity contribution in [2.24, 2.45) is 0 Å². The zero-order valence-corrected chi connectivity index (χ0v) is 10.9. The first-order valence-corrected chi connectivity index (χ1v) is 6.24. The van der Waals surface area contributed by atoms with Crippen molar-refractivity contribution in [3.63, 3.8) is 0 Å². The van der Waals surface area contributed by atoms with Gasteiger partial charge in [0.1, 0.15) is 6.61 Å². The molecule has 104 valence electrons. The summed E-state index contributed by atoms with van der Waals surface area (Å²) >= 11 is 0. The molecule has 1 N–H and O–H groups in total. The molecule has 1 saturated heterocycles. The summed E-state index contributed by atoms with van der Waals surface area (Å²) in [7, 11) is 0. The highest BCUT2D eigenvalue weighted by Gasteiger charge is 2.41. The molecule has 19 heavy (non-hydrogen) atoms. The van der Waals surface area contributed by atoms with Gasteiger partial charge in [-0.1, -0.05) is 0 Å². The third kappa shape index (κ3) is 2.46. The number of amides is 1. The number of aryl methyl sites for hydroxylation is 1. The van der Waals surface area contributed by atoms with Crippen LogP contribution in [-0.2, 0) is 20.9 Å². The molecule has 1 amide bonds. The normalized spacial score (nSPS) is 23.7. The van der Waals surface area contributed by atoms with E-state index >= 15 is 0 Å². The largest absolute Gasteiger partial charge is 0.479 e. The van der Waals surface area contributed by atoms with Crippen LogP contribution in [0.15, 0.2) is 12.4 Å². The predicted octanol–water partition coefficient (Wildman–Crippen LogP) is 0.276. The molecule has 1 aromatic rings. The summed E-state index contributed by atoms with van der Waals surface area (Å²) in [5.74, 6) is -1.27. The van der Waals surface area contributed by atoms with E-state index in [1.54, 1.807) is 17.1 Å². The number of hydrogen-bond acceptors (Lipinski definition) is 4. The molecule has 2 atom stereocenters. The van der Waals surface area contributed by atoms with Gasteiger partial charge in [-0.3, -0.25) is 9.48 Å². The molecular formula is C12H17N3O4. The maximum atomic E-state index is 11.8. The van der Waals surface area contributed by atoms with Crippen molar-refractivity contribution in [2.75, 3.05) is 13.2 Å². The number of rotatable bonds is 4. The predicted molar refractivity (Wildman–Crippen MR) is 65.4 cm³/mol. The van der Waals surface area contributed by atoms with E-state index in [2.05, 4.69) is 5.10 Å². The molecule has 1 aliphatic rings. The molecule has 1 aliphatic heterocycles. The van der Waals surface area contributed by atoms with Gasteiger partial charge in [-0.05, 0) is 13.8 Å². The number of carboxylic acid groups (broad SMARTS) is 1. The maximum absolute atomic E-state index is 11.8. The quantitative estimate of drug-likeness (QED) is 0.846. The SMILES string of the molecule is CCN1C(=O)COC(C(=O)O)C1c1cnn(CC)c1. The molecule has 2 heterocycles. The van der Waals surface area contributed by atoms with Crippen molar-refractivity contribution < 1.29 is 19.4 Å². The van der Waals surface area contributed by atoms with Crippen LogP contribution < -0.4 is 0 Å². The van der Waals surface area contributed by atoms with Gasteiger partial charge in [-0.25, -0.2) is 4.79 Å². The monoisotopic (exact) mass is 267 g/mol. The number of nitrogens with zero attached hydrogens (tertiary/aromatic N) is 3. The molecule has 1 fully saturated rings. The maximum Gasteiger partial charge on any atom is 0.335 e. The molecule has 0 saturated carbocycles. The summed E-state index contributed by atoms with van der Waals surface area (Å²) in [4.78, 5) is 24.7. The molecular weight excluding hydrogens is 250 g/mol. The van der Waals surface area contributed by atoms with Gasteiger partial charge in [-0.2, -0.15) is 5.10 Å². The van der Waals surface area contributed by atoms with Crippen molar-refractivity contribution in [1.82, 2.24) is 14.7 Å². The van der Waals surface area contributed by atoms with Crippen LogP contribution in [0.4, 0.5) is 0 Å². The van der Waals surface area contributed by atoms with Gasteiger partial charge in [0, 0.05) is 24.8 Å². The second kappa shape index (κ2) is 5.40. The van der Waals surface area contributed by atoms with Crippen molar-refractivity contribution in [1.29, 1.82) is 0 Å². The van der Waals surface area contributed by atoms with Gasteiger partial charge in [0.05, 0.1) is 12.2 Å². The molecule has 0 aromatic carbocycles. The van der Waals surface area contributed by atoms with E-state index in [4.69, 9.17) is 4.74 Å². The van der Waals surface area contributed by atoms with Crippen molar-refractivity contribution >= 4 is 11.9 Å². The lowest BCUT2D eigenvalue weighted by Gasteiger charge is -2.38. The van der Waals surface area contributed by atoms with Crippen molar-refractivity contribution in [3.05, 3.63) is 18.0 Å². The van der Waals surface area contributed by atoms with E-state index in [1.807, 2.05) is 13.8 Å². The Morgan fingerprint density at radius 1 is 1.53 bits per heavy atom. The third-order valence-electron chi connectivity index (χ3n) is 3.23. The summed E-state index contributed by atoms with van der Waals surface area (Å²) in [6.07, 6.45) is 2.30. The number of carbonyl (C=O) groups is 2. The van der Waals surface area contributed by atoms with Gasteiger partial charge in [0.15, 0.2) is 6.10 Å². The summed E-state index contributed by atoms with van der Waals surface area (Å²) in [6.45, 7) is 4.69. The molecule has 7 nitrogen and oxygen atoms in total. The number of aromatic nitrogens is 2. The third-order valence-corrected chi connectivity index (χ3v) is 3.23. The number of ether oxygens (including phenoxy) is 1. The molecule has 1 aromatic heterocycles. The fraction of sp³-hybridized carbons (Fsp3) is 0.583. The highest BCUT2D eigenvalue weighted by Crippen LogP contribution is 2.29. The minimum atomic E-state index is -1.07. The number of carboxylic acids is 1. The Morgan fingerprint density at radius 3 is 2.79 bits per heavy atom. The average molecular weight is 267 g/mol. The van der Waals surface area contributed by atoms with Gasteiger partial charge >= 0.3 is 5.97 Å². The summed E-state index contributed by atoms with van der Waals surface area (Å²) in [5, 5.41) is 13.4. The number of aliphatic carboxylic acids is 1. The Balaban J connectivity index is 2.37. The van der Waals surface area contributed by atoms with Crippen LogP contribution in [0.25, 0.3) is 0 Å². The first-order chi connectivity index (χ1) is 9.08. The van der Waals surface area contributed by atoms with Crippen molar-refractivity contribution in [3.8, 4) is 0 Å². The van der Waals surface area contributed by atoms with Crippen molar-refractivity contribution in [2.45, 2.75) is 32.5 Å². The minimum Gasteiger partial charge on any atom is -0.479 e. The molecule has 0 aliphatic carbocycles. The van der Waals surface area contributed by atoms with Crippen LogP contribution in [0.3, 0.4) is 0 Å². The van der Waals surface area contributed by atoms with Crippen LogP contribution in [0, 0.1) is 0 Å². The lowest BCUT2D eigenvalue weighted by Crippen LogP contribution is -2.51. The van der Waals surface area contributed by atoms with Crippen LogP contribution >= 0.6 is 0 Å². The molecule has 0 spiro atoms. The van der Waals surface area contributed by atoms with E-state index in [9.17, 15) is 14.7 Å².